The summed E-state index contributed by atoms with van der Waals surface area (Å²) in [4.78, 5) is 0. The molecule has 0 saturated carbocycles. The van der Waals surface area contributed by atoms with Crippen LogP contribution in [0.15, 0.2) is 69.5 Å². The maximum Gasteiger partial charge on any atom is 0.184 e. The number of aromatic nitrogens is 3. The zero-order valence-corrected chi connectivity index (χ0v) is 15.8. The Morgan fingerprint density at radius 3 is 2.65 bits per heavy atom. The molecule has 2 aromatic carbocycles. The van der Waals surface area contributed by atoms with Crippen molar-refractivity contribution in [1.82, 2.24) is 14.9 Å². The molecule has 4 rings (SSSR count). The first-order chi connectivity index (χ1) is 12.7. The van der Waals surface area contributed by atoms with Crippen LogP contribution in [-0.2, 0) is 5.75 Å². The Labute approximate surface area is 162 Å². The van der Waals surface area contributed by atoms with Gasteiger partial charge in [0.25, 0.3) is 0 Å². The van der Waals surface area contributed by atoms with Gasteiger partial charge in [-0.3, -0.25) is 0 Å². The number of benzene rings is 2. The first-order valence-electron chi connectivity index (χ1n) is 7.69. The minimum atomic E-state index is -0.287. The fourth-order valence-corrected chi connectivity index (χ4v) is 4.56. The van der Waals surface area contributed by atoms with E-state index in [1.165, 1.54) is 35.2 Å². The van der Waals surface area contributed by atoms with E-state index in [2.05, 4.69) is 10.3 Å². The maximum absolute atomic E-state index is 13.1. The SMILES string of the molecule is Fc1ccc(-n2nc(SCc3cc(-c4ccccc4)on3)sc2=S)cc1. The second-order valence-electron chi connectivity index (χ2n) is 5.36. The highest BCUT2D eigenvalue weighted by atomic mass is 32.2. The van der Waals surface area contributed by atoms with Crippen LogP contribution in [0.25, 0.3) is 17.0 Å². The third kappa shape index (κ3) is 3.77. The molecule has 4 nitrogen and oxygen atoms in total. The molecule has 2 aromatic heterocycles. The molecule has 0 saturated heterocycles. The van der Waals surface area contributed by atoms with Crippen molar-refractivity contribution in [2.75, 3.05) is 0 Å². The van der Waals surface area contributed by atoms with Crippen molar-refractivity contribution < 1.29 is 8.91 Å². The molecule has 0 aliphatic rings. The lowest BCUT2D eigenvalue weighted by Crippen LogP contribution is -1.96. The van der Waals surface area contributed by atoms with E-state index in [1.54, 1.807) is 16.8 Å². The number of nitrogens with zero attached hydrogens (tertiary/aromatic N) is 3. The molecule has 0 amide bonds. The van der Waals surface area contributed by atoms with Gasteiger partial charge >= 0.3 is 0 Å². The molecule has 26 heavy (non-hydrogen) atoms. The molecule has 0 spiro atoms. The molecule has 130 valence electrons. The van der Waals surface area contributed by atoms with Gasteiger partial charge in [-0.05, 0) is 36.5 Å². The summed E-state index contributed by atoms with van der Waals surface area (Å²) in [5.74, 6) is 1.08. The number of rotatable bonds is 5. The lowest BCUT2D eigenvalue weighted by atomic mass is 10.2. The zero-order valence-electron chi connectivity index (χ0n) is 13.3. The minimum absolute atomic E-state index is 0.287. The highest BCUT2D eigenvalue weighted by Gasteiger charge is 2.10. The van der Waals surface area contributed by atoms with Gasteiger partial charge in [0, 0.05) is 17.4 Å². The summed E-state index contributed by atoms with van der Waals surface area (Å²) in [6.45, 7) is 0. The summed E-state index contributed by atoms with van der Waals surface area (Å²) in [5, 5.41) is 8.61. The first kappa shape index (κ1) is 17.1. The molecule has 2 heterocycles. The van der Waals surface area contributed by atoms with Gasteiger partial charge in [0.2, 0.25) is 0 Å². The van der Waals surface area contributed by atoms with Gasteiger partial charge < -0.3 is 4.52 Å². The molecule has 0 aliphatic carbocycles. The molecule has 0 bridgehead atoms. The summed E-state index contributed by atoms with van der Waals surface area (Å²) >= 11 is 8.32. The maximum atomic E-state index is 13.1. The molecule has 0 radical (unpaired) electrons. The van der Waals surface area contributed by atoms with E-state index in [0.717, 1.165) is 27.0 Å². The van der Waals surface area contributed by atoms with Crippen LogP contribution in [0.1, 0.15) is 5.69 Å². The monoisotopic (exact) mass is 401 g/mol. The number of halogens is 1. The largest absolute Gasteiger partial charge is 0.356 e. The molecule has 4 aromatic rings. The lowest BCUT2D eigenvalue weighted by molar-refractivity contribution is 0.426. The summed E-state index contributed by atoms with van der Waals surface area (Å²) in [5.41, 5.74) is 2.57. The summed E-state index contributed by atoms with van der Waals surface area (Å²) in [6.07, 6.45) is 0. The van der Waals surface area contributed by atoms with Crippen LogP contribution in [0.4, 0.5) is 4.39 Å². The summed E-state index contributed by atoms with van der Waals surface area (Å²) < 4.78 is 21.6. The predicted molar refractivity (Wildman–Crippen MR) is 104 cm³/mol. The van der Waals surface area contributed by atoms with E-state index in [0.29, 0.717) is 9.71 Å². The Morgan fingerprint density at radius 1 is 1.12 bits per heavy atom. The van der Waals surface area contributed by atoms with Crippen molar-refractivity contribution in [3.8, 4) is 17.0 Å². The average molecular weight is 402 g/mol. The molecular weight excluding hydrogens is 389 g/mol. The third-order valence-electron chi connectivity index (χ3n) is 3.56. The molecule has 0 aliphatic heterocycles. The fourth-order valence-electron chi connectivity index (χ4n) is 2.32. The Morgan fingerprint density at radius 2 is 1.88 bits per heavy atom. The van der Waals surface area contributed by atoms with E-state index in [9.17, 15) is 4.39 Å². The number of thioether (sulfide) groups is 1. The topological polar surface area (TPSA) is 43.9 Å². The van der Waals surface area contributed by atoms with Crippen molar-refractivity contribution in [1.29, 1.82) is 0 Å². The number of hydrogen-bond acceptors (Lipinski definition) is 6. The van der Waals surface area contributed by atoms with Gasteiger partial charge in [-0.2, -0.15) is 0 Å². The standard InChI is InChI=1S/C18H12FN3OS3/c19-13-6-8-15(9-7-13)22-18(24)26-17(20-22)25-11-14-10-16(23-21-14)12-4-2-1-3-5-12/h1-10H,11H2. The van der Waals surface area contributed by atoms with Gasteiger partial charge in [-0.25, -0.2) is 9.07 Å². The van der Waals surface area contributed by atoms with Crippen LogP contribution in [0.5, 0.6) is 0 Å². The molecular formula is C18H12FN3OS3. The van der Waals surface area contributed by atoms with Gasteiger partial charge in [0.15, 0.2) is 14.1 Å². The highest BCUT2D eigenvalue weighted by molar-refractivity contribution is 8.00. The molecule has 8 heteroatoms. The van der Waals surface area contributed by atoms with Gasteiger partial charge in [-0.15, -0.1) is 5.10 Å². The average Bonchev–Trinajstić information content (AvgIpc) is 3.28. The third-order valence-corrected chi connectivity index (χ3v) is 5.96. The van der Waals surface area contributed by atoms with Crippen LogP contribution in [0, 0.1) is 9.77 Å². The van der Waals surface area contributed by atoms with Crippen LogP contribution in [-0.4, -0.2) is 14.9 Å². The van der Waals surface area contributed by atoms with E-state index in [1.807, 2.05) is 36.4 Å². The van der Waals surface area contributed by atoms with Crippen LogP contribution < -0.4 is 0 Å². The first-order valence-corrected chi connectivity index (χ1v) is 9.90. The van der Waals surface area contributed by atoms with Crippen molar-refractivity contribution in [2.45, 2.75) is 10.1 Å². The fraction of sp³-hybridized carbons (Fsp3) is 0.0556. The normalized spacial score (nSPS) is 11.0. The Bertz CT molecular complexity index is 1070. The van der Waals surface area contributed by atoms with Crippen molar-refractivity contribution in [3.63, 3.8) is 0 Å². The summed E-state index contributed by atoms with van der Waals surface area (Å²) in [7, 11) is 0. The lowest BCUT2D eigenvalue weighted by Gasteiger charge is -1.99. The van der Waals surface area contributed by atoms with Crippen molar-refractivity contribution in [2.24, 2.45) is 0 Å². The van der Waals surface area contributed by atoms with Crippen LogP contribution in [0.3, 0.4) is 0 Å². The van der Waals surface area contributed by atoms with E-state index in [-0.39, 0.29) is 5.82 Å². The molecule has 0 atom stereocenters. The molecule has 0 fully saturated rings. The number of hydrogen-bond donors (Lipinski definition) is 0. The van der Waals surface area contributed by atoms with Crippen LogP contribution >= 0.6 is 35.3 Å². The molecule has 0 unspecified atom stereocenters. The van der Waals surface area contributed by atoms with Crippen molar-refractivity contribution in [3.05, 3.63) is 76.1 Å². The molecule has 0 N–H and O–H groups in total. The van der Waals surface area contributed by atoms with E-state index < -0.39 is 0 Å². The van der Waals surface area contributed by atoms with Gasteiger partial charge in [-0.1, -0.05) is 58.6 Å². The minimum Gasteiger partial charge on any atom is -0.356 e. The summed E-state index contributed by atoms with van der Waals surface area (Å²) in [6, 6.07) is 17.9. The van der Waals surface area contributed by atoms with E-state index in [4.69, 9.17) is 16.7 Å². The Balaban J connectivity index is 1.47. The van der Waals surface area contributed by atoms with Gasteiger partial charge in [0.1, 0.15) is 5.82 Å². The second kappa shape index (κ2) is 7.53. The predicted octanol–water partition coefficient (Wildman–Crippen LogP) is 5.75. The van der Waals surface area contributed by atoms with Gasteiger partial charge in [0.05, 0.1) is 11.4 Å². The Hall–Kier alpha value is -2.29. The zero-order chi connectivity index (χ0) is 17.9. The van der Waals surface area contributed by atoms with Crippen LogP contribution in [0.2, 0.25) is 0 Å². The Kier molecular flexibility index (Phi) is 4.96. The second-order valence-corrected chi connectivity index (χ2v) is 8.20. The highest BCUT2D eigenvalue weighted by Crippen LogP contribution is 2.28. The van der Waals surface area contributed by atoms with E-state index >= 15 is 0 Å². The van der Waals surface area contributed by atoms with Crippen molar-refractivity contribution >= 4 is 35.3 Å². The smallest absolute Gasteiger partial charge is 0.184 e. The quantitative estimate of drug-likeness (QED) is 0.315.